The number of hydrogen-bond acceptors (Lipinski definition) is 4. The monoisotopic (exact) mass is 409 g/mol. The summed E-state index contributed by atoms with van der Waals surface area (Å²) in [7, 11) is -3.37. The first kappa shape index (κ1) is 19.3. The maximum atomic E-state index is 14.1. The first-order chi connectivity index (χ1) is 13.5. The Morgan fingerprint density at radius 1 is 1.07 bits per heavy atom. The van der Waals surface area contributed by atoms with Crippen LogP contribution >= 0.6 is 0 Å². The molecule has 2 aliphatic rings. The Hall–Kier alpha value is -2.04. The van der Waals surface area contributed by atoms with E-state index in [0.29, 0.717) is 51.3 Å². The van der Waals surface area contributed by atoms with E-state index in [1.54, 1.807) is 26.8 Å². The summed E-state index contributed by atoms with van der Waals surface area (Å²) in [4.78, 5) is 12.2. The van der Waals surface area contributed by atoms with Crippen LogP contribution < -0.4 is 5.69 Å². The molecule has 0 spiro atoms. The summed E-state index contributed by atoms with van der Waals surface area (Å²) in [6.07, 6.45) is 3.70. The van der Waals surface area contributed by atoms with Crippen molar-refractivity contribution < 1.29 is 12.8 Å². The van der Waals surface area contributed by atoms with E-state index in [-0.39, 0.29) is 11.6 Å². The molecule has 28 heavy (non-hydrogen) atoms. The molecule has 0 aliphatic carbocycles. The van der Waals surface area contributed by atoms with E-state index < -0.39 is 21.7 Å². The number of nitrogens with one attached hydrogen (secondary N) is 1. The SMILES string of the molecule is O=c1[nH]nc(CC2CCN(S(=O)(=O)N3CCCC3)CC2)n1-c1ccccc1F. The predicted octanol–water partition coefficient (Wildman–Crippen LogP) is 1.29. The summed E-state index contributed by atoms with van der Waals surface area (Å²) in [5.41, 5.74) is -0.306. The van der Waals surface area contributed by atoms with E-state index in [1.807, 2.05) is 0 Å². The largest absolute Gasteiger partial charge is 0.348 e. The third kappa shape index (κ3) is 3.63. The van der Waals surface area contributed by atoms with Crippen molar-refractivity contribution in [1.82, 2.24) is 23.4 Å². The Morgan fingerprint density at radius 2 is 1.71 bits per heavy atom. The molecular formula is C18H24FN5O3S. The van der Waals surface area contributed by atoms with Crippen LogP contribution in [0.2, 0.25) is 0 Å². The van der Waals surface area contributed by atoms with Gasteiger partial charge in [-0.2, -0.15) is 22.1 Å². The molecule has 0 atom stereocenters. The fraction of sp³-hybridized carbons (Fsp3) is 0.556. The van der Waals surface area contributed by atoms with Gasteiger partial charge in [0.25, 0.3) is 10.2 Å². The van der Waals surface area contributed by atoms with Crippen LogP contribution in [0.25, 0.3) is 5.69 Å². The summed E-state index contributed by atoms with van der Waals surface area (Å²) in [6.45, 7) is 2.12. The minimum Gasteiger partial charge on any atom is -0.246 e. The molecule has 3 heterocycles. The standard InChI is InChI=1S/C18H24FN5O3S/c19-15-5-1-2-6-16(15)24-17(20-21-18(24)25)13-14-7-11-23(12-8-14)28(26,27)22-9-3-4-10-22/h1-2,5-6,14H,3-4,7-13H2,(H,21,25). The van der Waals surface area contributed by atoms with Gasteiger partial charge >= 0.3 is 5.69 Å². The molecule has 10 heteroatoms. The number of aromatic amines is 1. The van der Waals surface area contributed by atoms with Crippen LogP contribution in [-0.2, 0) is 16.6 Å². The van der Waals surface area contributed by atoms with E-state index in [2.05, 4.69) is 10.2 Å². The summed E-state index contributed by atoms with van der Waals surface area (Å²) in [5, 5.41) is 6.48. The fourth-order valence-electron chi connectivity index (χ4n) is 4.03. The van der Waals surface area contributed by atoms with Crippen molar-refractivity contribution in [1.29, 1.82) is 0 Å². The summed E-state index contributed by atoms with van der Waals surface area (Å²) >= 11 is 0. The smallest absolute Gasteiger partial charge is 0.246 e. The molecule has 0 amide bonds. The van der Waals surface area contributed by atoms with Crippen molar-refractivity contribution in [3.8, 4) is 5.69 Å². The molecule has 8 nitrogen and oxygen atoms in total. The highest BCUT2D eigenvalue weighted by Crippen LogP contribution is 2.26. The van der Waals surface area contributed by atoms with Crippen molar-refractivity contribution in [3.05, 3.63) is 46.4 Å². The molecular weight excluding hydrogens is 385 g/mol. The van der Waals surface area contributed by atoms with Crippen molar-refractivity contribution in [2.45, 2.75) is 32.1 Å². The minimum atomic E-state index is -3.37. The van der Waals surface area contributed by atoms with Crippen LogP contribution in [-0.4, -0.2) is 58.0 Å². The molecule has 1 aromatic heterocycles. The molecule has 4 rings (SSSR count). The molecule has 2 aromatic rings. The van der Waals surface area contributed by atoms with Crippen LogP contribution in [0.5, 0.6) is 0 Å². The van der Waals surface area contributed by atoms with E-state index in [0.717, 1.165) is 12.8 Å². The maximum absolute atomic E-state index is 14.1. The molecule has 2 fully saturated rings. The van der Waals surface area contributed by atoms with Crippen molar-refractivity contribution in [2.24, 2.45) is 5.92 Å². The van der Waals surface area contributed by atoms with Gasteiger partial charge in [0, 0.05) is 32.6 Å². The normalized spacial score (nSPS) is 20.0. The van der Waals surface area contributed by atoms with Crippen LogP contribution in [0.3, 0.4) is 0 Å². The summed E-state index contributed by atoms with van der Waals surface area (Å²) in [6, 6.07) is 6.09. The number of benzene rings is 1. The lowest BCUT2D eigenvalue weighted by Gasteiger charge is -2.33. The highest BCUT2D eigenvalue weighted by Gasteiger charge is 2.34. The average Bonchev–Trinajstić information content (AvgIpc) is 3.34. The lowest BCUT2D eigenvalue weighted by Crippen LogP contribution is -2.46. The second kappa shape index (κ2) is 7.76. The van der Waals surface area contributed by atoms with Gasteiger partial charge in [-0.25, -0.2) is 18.9 Å². The van der Waals surface area contributed by atoms with Gasteiger partial charge in [-0.05, 0) is 43.7 Å². The highest BCUT2D eigenvalue weighted by molar-refractivity contribution is 7.86. The molecule has 0 unspecified atom stereocenters. The zero-order valence-corrected chi connectivity index (χ0v) is 16.4. The fourth-order valence-corrected chi connectivity index (χ4v) is 5.75. The van der Waals surface area contributed by atoms with E-state index in [1.165, 1.54) is 10.6 Å². The summed E-state index contributed by atoms with van der Waals surface area (Å²) in [5.74, 6) is 0.167. The Balaban J connectivity index is 1.45. The molecule has 0 radical (unpaired) electrons. The molecule has 1 N–H and O–H groups in total. The van der Waals surface area contributed by atoms with Gasteiger partial charge in [0.15, 0.2) is 0 Å². The average molecular weight is 409 g/mol. The summed E-state index contributed by atoms with van der Waals surface area (Å²) < 4.78 is 43.9. The van der Waals surface area contributed by atoms with E-state index in [9.17, 15) is 17.6 Å². The van der Waals surface area contributed by atoms with Gasteiger partial charge in [-0.15, -0.1) is 0 Å². The zero-order valence-electron chi connectivity index (χ0n) is 15.6. The van der Waals surface area contributed by atoms with Crippen LogP contribution in [0, 0.1) is 11.7 Å². The lowest BCUT2D eigenvalue weighted by atomic mass is 9.94. The minimum absolute atomic E-state index is 0.172. The molecule has 152 valence electrons. The number of aromatic nitrogens is 3. The zero-order chi connectivity index (χ0) is 19.7. The number of nitrogens with zero attached hydrogens (tertiary/aromatic N) is 4. The van der Waals surface area contributed by atoms with Gasteiger partial charge in [-0.1, -0.05) is 12.1 Å². The van der Waals surface area contributed by atoms with Gasteiger partial charge in [0.2, 0.25) is 0 Å². The topological polar surface area (TPSA) is 91.3 Å². The number of halogens is 1. The van der Waals surface area contributed by atoms with Crippen molar-refractivity contribution in [3.63, 3.8) is 0 Å². The van der Waals surface area contributed by atoms with Gasteiger partial charge in [-0.3, -0.25) is 0 Å². The molecule has 0 saturated carbocycles. The quantitative estimate of drug-likeness (QED) is 0.806. The lowest BCUT2D eigenvalue weighted by molar-refractivity contribution is 0.255. The highest BCUT2D eigenvalue weighted by atomic mass is 32.2. The second-order valence-corrected chi connectivity index (χ2v) is 9.32. The van der Waals surface area contributed by atoms with E-state index >= 15 is 0 Å². The molecule has 0 bridgehead atoms. The number of para-hydroxylation sites is 1. The van der Waals surface area contributed by atoms with Crippen LogP contribution in [0.1, 0.15) is 31.5 Å². The Labute approximate surface area is 163 Å². The van der Waals surface area contributed by atoms with Gasteiger partial charge in [0.1, 0.15) is 11.6 Å². The molecule has 2 aliphatic heterocycles. The first-order valence-electron chi connectivity index (χ1n) is 9.63. The first-order valence-corrected chi connectivity index (χ1v) is 11.0. The Bertz CT molecular complexity index is 989. The Morgan fingerprint density at radius 3 is 2.39 bits per heavy atom. The molecule has 2 saturated heterocycles. The number of piperidine rings is 1. The molecule has 1 aromatic carbocycles. The third-order valence-electron chi connectivity index (χ3n) is 5.60. The third-order valence-corrected chi connectivity index (χ3v) is 7.63. The van der Waals surface area contributed by atoms with Crippen molar-refractivity contribution in [2.75, 3.05) is 26.2 Å². The van der Waals surface area contributed by atoms with Gasteiger partial charge in [0.05, 0.1) is 5.69 Å². The van der Waals surface area contributed by atoms with E-state index in [4.69, 9.17) is 0 Å². The Kier molecular flexibility index (Phi) is 5.35. The predicted molar refractivity (Wildman–Crippen MR) is 102 cm³/mol. The van der Waals surface area contributed by atoms with Crippen molar-refractivity contribution >= 4 is 10.2 Å². The number of rotatable bonds is 5. The second-order valence-electron chi connectivity index (χ2n) is 7.39. The maximum Gasteiger partial charge on any atom is 0.348 e. The van der Waals surface area contributed by atoms with Crippen LogP contribution in [0.15, 0.2) is 29.1 Å². The number of H-pyrrole nitrogens is 1. The van der Waals surface area contributed by atoms with Gasteiger partial charge < -0.3 is 0 Å². The number of hydrogen-bond donors (Lipinski definition) is 1. The van der Waals surface area contributed by atoms with Crippen LogP contribution in [0.4, 0.5) is 4.39 Å².